The van der Waals surface area contributed by atoms with Crippen LogP contribution >= 0.6 is 0 Å². The number of para-hydroxylation sites is 1. The summed E-state index contributed by atoms with van der Waals surface area (Å²) in [7, 11) is 1.93. The monoisotopic (exact) mass is 259 g/mol. The standard InChI is InChI=1S/C14H17N3O2/c1-17-8-6-12(16-17)5-7-15-9-11-3-2-4-13-14(11)19-10-18-13/h2-4,6,8,15H,5,7,9-10H2,1H3. The fraction of sp³-hybridized carbons (Fsp3) is 0.357. The maximum Gasteiger partial charge on any atom is 0.231 e. The van der Waals surface area contributed by atoms with Gasteiger partial charge in [-0.3, -0.25) is 4.68 Å². The van der Waals surface area contributed by atoms with Crippen LogP contribution in [0.3, 0.4) is 0 Å². The predicted octanol–water partition coefficient (Wildman–Crippen LogP) is 1.48. The molecule has 0 saturated heterocycles. The van der Waals surface area contributed by atoms with Crippen LogP contribution in [0, 0.1) is 0 Å². The molecule has 0 atom stereocenters. The second-order valence-corrected chi connectivity index (χ2v) is 4.56. The molecule has 1 N–H and O–H groups in total. The van der Waals surface area contributed by atoms with E-state index in [4.69, 9.17) is 9.47 Å². The molecule has 0 unspecified atom stereocenters. The molecule has 1 aromatic carbocycles. The average Bonchev–Trinajstić information content (AvgIpc) is 3.03. The summed E-state index contributed by atoms with van der Waals surface area (Å²) in [5, 5.41) is 7.75. The number of benzene rings is 1. The highest BCUT2D eigenvalue weighted by molar-refractivity contribution is 5.48. The molecule has 0 bridgehead atoms. The topological polar surface area (TPSA) is 48.3 Å². The summed E-state index contributed by atoms with van der Waals surface area (Å²) in [5.41, 5.74) is 2.24. The highest BCUT2D eigenvalue weighted by Crippen LogP contribution is 2.35. The Morgan fingerprint density at radius 3 is 3.11 bits per heavy atom. The van der Waals surface area contributed by atoms with E-state index in [0.717, 1.165) is 42.3 Å². The highest BCUT2D eigenvalue weighted by atomic mass is 16.7. The molecule has 0 amide bonds. The predicted molar refractivity (Wildman–Crippen MR) is 71.2 cm³/mol. The number of nitrogens with one attached hydrogen (secondary N) is 1. The van der Waals surface area contributed by atoms with Crippen molar-refractivity contribution >= 4 is 0 Å². The zero-order valence-electron chi connectivity index (χ0n) is 10.9. The van der Waals surface area contributed by atoms with Gasteiger partial charge in [-0.25, -0.2) is 0 Å². The minimum Gasteiger partial charge on any atom is -0.454 e. The van der Waals surface area contributed by atoms with E-state index < -0.39 is 0 Å². The lowest BCUT2D eigenvalue weighted by Crippen LogP contribution is -2.17. The number of hydrogen-bond donors (Lipinski definition) is 1. The molecule has 1 aromatic heterocycles. The van der Waals surface area contributed by atoms with Gasteiger partial charge in [0.05, 0.1) is 5.69 Å². The van der Waals surface area contributed by atoms with Crippen LogP contribution in [-0.2, 0) is 20.0 Å². The van der Waals surface area contributed by atoms with E-state index in [-0.39, 0.29) is 0 Å². The number of rotatable bonds is 5. The number of ether oxygens (including phenoxy) is 2. The second kappa shape index (κ2) is 5.32. The smallest absolute Gasteiger partial charge is 0.231 e. The zero-order chi connectivity index (χ0) is 13.1. The van der Waals surface area contributed by atoms with Gasteiger partial charge >= 0.3 is 0 Å². The number of aryl methyl sites for hydroxylation is 1. The Bertz CT molecular complexity index is 566. The van der Waals surface area contributed by atoms with E-state index in [2.05, 4.69) is 16.5 Å². The molecule has 0 fully saturated rings. The molecule has 3 rings (SSSR count). The lowest BCUT2D eigenvalue weighted by Gasteiger charge is -2.07. The van der Waals surface area contributed by atoms with Crippen LogP contribution in [-0.4, -0.2) is 23.1 Å². The minimum absolute atomic E-state index is 0.320. The molecule has 0 radical (unpaired) electrons. The molecule has 100 valence electrons. The highest BCUT2D eigenvalue weighted by Gasteiger charge is 2.16. The zero-order valence-corrected chi connectivity index (χ0v) is 10.9. The first-order valence-electron chi connectivity index (χ1n) is 6.39. The van der Waals surface area contributed by atoms with Crippen LogP contribution in [0.25, 0.3) is 0 Å². The van der Waals surface area contributed by atoms with Crippen molar-refractivity contribution in [3.63, 3.8) is 0 Å². The van der Waals surface area contributed by atoms with Gasteiger partial charge in [0.1, 0.15) is 0 Å². The average molecular weight is 259 g/mol. The van der Waals surface area contributed by atoms with Crippen molar-refractivity contribution < 1.29 is 9.47 Å². The molecule has 2 aromatic rings. The second-order valence-electron chi connectivity index (χ2n) is 4.56. The van der Waals surface area contributed by atoms with Gasteiger partial charge in [-0.2, -0.15) is 5.10 Å². The molecule has 1 aliphatic heterocycles. The third-order valence-corrected chi connectivity index (χ3v) is 3.12. The Labute approximate surface area is 112 Å². The van der Waals surface area contributed by atoms with Crippen molar-refractivity contribution in [2.24, 2.45) is 7.05 Å². The number of fused-ring (bicyclic) bond motifs is 1. The molecule has 19 heavy (non-hydrogen) atoms. The maximum atomic E-state index is 5.47. The Morgan fingerprint density at radius 2 is 2.26 bits per heavy atom. The molecule has 0 saturated carbocycles. The van der Waals surface area contributed by atoms with Gasteiger partial charge in [0, 0.05) is 38.3 Å². The van der Waals surface area contributed by atoms with Gasteiger partial charge in [0.2, 0.25) is 6.79 Å². The Kier molecular flexibility index (Phi) is 3.37. The Hall–Kier alpha value is -2.01. The van der Waals surface area contributed by atoms with E-state index in [0.29, 0.717) is 6.79 Å². The van der Waals surface area contributed by atoms with Crippen LogP contribution < -0.4 is 14.8 Å². The van der Waals surface area contributed by atoms with E-state index in [1.54, 1.807) is 0 Å². The van der Waals surface area contributed by atoms with Gasteiger partial charge < -0.3 is 14.8 Å². The van der Waals surface area contributed by atoms with E-state index in [9.17, 15) is 0 Å². The van der Waals surface area contributed by atoms with Crippen LogP contribution in [0.2, 0.25) is 0 Å². The molecule has 5 heteroatoms. The number of hydrogen-bond acceptors (Lipinski definition) is 4. The summed E-state index contributed by atoms with van der Waals surface area (Å²) in [6, 6.07) is 8.02. The lowest BCUT2D eigenvalue weighted by atomic mass is 10.2. The fourth-order valence-corrected chi connectivity index (χ4v) is 2.17. The summed E-state index contributed by atoms with van der Waals surface area (Å²) in [5.74, 6) is 1.71. The summed E-state index contributed by atoms with van der Waals surface area (Å²) >= 11 is 0. The molecular weight excluding hydrogens is 242 g/mol. The van der Waals surface area contributed by atoms with E-state index >= 15 is 0 Å². The quantitative estimate of drug-likeness (QED) is 0.826. The largest absolute Gasteiger partial charge is 0.454 e. The van der Waals surface area contributed by atoms with Crippen LogP contribution in [0.15, 0.2) is 30.5 Å². The molecule has 2 heterocycles. The molecular formula is C14H17N3O2. The van der Waals surface area contributed by atoms with Crippen molar-refractivity contribution in [3.8, 4) is 11.5 Å². The summed E-state index contributed by atoms with van der Waals surface area (Å²) in [6.45, 7) is 1.99. The van der Waals surface area contributed by atoms with Crippen molar-refractivity contribution in [1.29, 1.82) is 0 Å². The van der Waals surface area contributed by atoms with Gasteiger partial charge in [0.15, 0.2) is 11.5 Å². The first-order valence-corrected chi connectivity index (χ1v) is 6.39. The molecule has 0 spiro atoms. The van der Waals surface area contributed by atoms with Crippen molar-refractivity contribution in [2.45, 2.75) is 13.0 Å². The van der Waals surface area contributed by atoms with Gasteiger partial charge in [-0.15, -0.1) is 0 Å². The number of nitrogens with zero attached hydrogens (tertiary/aromatic N) is 2. The Balaban J connectivity index is 1.52. The van der Waals surface area contributed by atoms with Crippen LogP contribution in [0.4, 0.5) is 0 Å². The maximum absolute atomic E-state index is 5.47. The normalized spacial score (nSPS) is 12.9. The molecule has 5 nitrogen and oxygen atoms in total. The van der Waals surface area contributed by atoms with Gasteiger partial charge in [-0.1, -0.05) is 12.1 Å². The van der Waals surface area contributed by atoms with Crippen LogP contribution in [0.5, 0.6) is 11.5 Å². The van der Waals surface area contributed by atoms with Crippen molar-refractivity contribution in [3.05, 3.63) is 41.7 Å². The van der Waals surface area contributed by atoms with Crippen molar-refractivity contribution in [2.75, 3.05) is 13.3 Å². The third-order valence-electron chi connectivity index (χ3n) is 3.12. The third kappa shape index (κ3) is 2.71. The SMILES string of the molecule is Cn1ccc(CCNCc2cccc3c2OCO3)n1. The summed E-state index contributed by atoms with van der Waals surface area (Å²) < 4.78 is 12.6. The minimum atomic E-state index is 0.320. The van der Waals surface area contributed by atoms with Gasteiger partial charge in [0.25, 0.3) is 0 Å². The van der Waals surface area contributed by atoms with Crippen LogP contribution in [0.1, 0.15) is 11.3 Å². The molecule has 0 aliphatic carbocycles. The first kappa shape index (κ1) is 12.0. The van der Waals surface area contributed by atoms with E-state index in [1.165, 1.54) is 0 Å². The summed E-state index contributed by atoms with van der Waals surface area (Å²) in [4.78, 5) is 0. The first-order chi connectivity index (χ1) is 9.33. The molecule has 1 aliphatic rings. The lowest BCUT2D eigenvalue weighted by molar-refractivity contribution is 0.173. The summed E-state index contributed by atoms with van der Waals surface area (Å²) in [6.07, 6.45) is 2.89. The van der Waals surface area contributed by atoms with Gasteiger partial charge in [-0.05, 0) is 12.1 Å². The fourth-order valence-electron chi connectivity index (χ4n) is 2.17. The van der Waals surface area contributed by atoms with Crippen molar-refractivity contribution in [1.82, 2.24) is 15.1 Å². The van der Waals surface area contributed by atoms with E-state index in [1.807, 2.05) is 36.1 Å². The number of aromatic nitrogens is 2. The Morgan fingerprint density at radius 1 is 1.32 bits per heavy atom.